The molecule has 116 valence electrons. The molecule has 0 radical (unpaired) electrons. The van der Waals surface area contributed by atoms with E-state index < -0.39 is 5.60 Å². The van der Waals surface area contributed by atoms with Crippen LogP contribution in [0.3, 0.4) is 0 Å². The minimum Gasteiger partial charge on any atom is -0.444 e. The van der Waals surface area contributed by atoms with Crippen molar-refractivity contribution in [1.29, 1.82) is 0 Å². The summed E-state index contributed by atoms with van der Waals surface area (Å²) >= 11 is 0. The molecule has 21 heavy (non-hydrogen) atoms. The van der Waals surface area contributed by atoms with Crippen LogP contribution in [0.4, 0.5) is 9.18 Å². The first-order valence-electron chi connectivity index (χ1n) is 7.56. The number of piperidine rings is 1. The first kappa shape index (κ1) is 15.8. The van der Waals surface area contributed by atoms with Gasteiger partial charge in [0.1, 0.15) is 11.4 Å². The average Bonchev–Trinajstić information content (AvgIpc) is 2.40. The van der Waals surface area contributed by atoms with Gasteiger partial charge in [-0.1, -0.05) is 12.1 Å². The molecule has 0 N–H and O–H groups in total. The zero-order valence-electron chi connectivity index (χ0n) is 13.1. The fourth-order valence-corrected chi connectivity index (χ4v) is 2.68. The molecule has 0 spiro atoms. The Morgan fingerprint density at radius 2 is 2.00 bits per heavy atom. The topological polar surface area (TPSA) is 29.5 Å². The van der Waals surface area contributed by atoms with Crippen molar-refractivity contribution in [3.05, 3.63) is 35.6 Å². The summed E-state index contributed by atoms with van der Waals surface area (Å²) in [6.07, 6.45) is 2.73. The van der Waals surface area contributed by atoms with E-state index in [1.165, 1.54) is 12.1 Å². The summed E-state index contributed by atoms with van der Waals surface area (Å²) in [5.74, 6) is 0.203. The van der Waals surface area contributed by atoms with Crippen molar-refractivity contribution < 1.29 is 13.9 Å². The first-order valence-corrected chi connectivity index (χ1v) is 7.56. The Hall–Kier alpha value is -1.58. The van der Waals surface area contributed by atoms with Crippen molar-refractivity contribution in [2.75, 3.05) is 13.1 Å². The molecule has 1 saturated heterocycles. The minimum absolute atomic E-state index is 0.210. The third-order valence-corrected chi connectivity index (χ3v) is 3.61. The molecule has 1 aliphatic rings. The van der Waals surface area contributed by atoms with Gasteiger partial charge in [0.15, 0.2) is 0 Å². The molecular weight excluding hydrogens is 269 g/mol. The fraction of sp³-hybridized carbons (Fsp3) is 0.588. The summed E-state index contributed by atoms with van der Waals surface area (Å²) in [4.78, 5) is 13.9. The average molecular weight is 293 g/mol. The van der Waals surface area contributed by atoms with Gasteiger partial charge < -0.3 is 9.64 Å². The van der Waals surface area contributed by atoms with Gasteiger partial charge in [-0.3, -0.25) is 0 Å². The maximum Gasteiger partial charge on any atom is 0.410 e. The number of likely N-dealkylation sites (tertiary alicyclic amines) is 1. The molecule has 3 nitrogen and oxygen atoms in total. The maximum absolute atomic E-state index is 12.9. The second kappa shape index (κ2) is 6.46. The standard InChI is InChI=1S/C17H24FNO2/c1-17(2,3)21-16(20)19-10-4-5-14(12-19)11-13-6-8-15(18)9-7-13/h6-9,14H,4-5,10-12H2,1-3H3. The number of carbonyl (C=O) groups excluding carboxylic acids is 1. The van der Waals surface area contributed by atoms with Crippen LogP contribution in [0.5, 0.6) is 0 Å². The number of hydrogen-bond donors (Lipinski definition) is 0. The number of benzene rings is 1. The maximum atomic E-state index is 12.9. The molecule has 1 aromatic rings. The quantitative estimate of drug-likeness (QED) is 0.824. The van der Waals surface area contributed by atoms with Crippen LogP contribution in [0.25, 0.3) is 0 Å². The summed E-state index contributed by atoms with van der Waals surface area (Å²) in [7, 11) is 0. The van der Waals surface area contributed by atoms with E-state index in [9.17, 15) is 9.18 Å². The third kappa shape index (κ3) is 5.03. The van der Waals surface area contributed by atoms with E-state index in [4.69, 9.17) is 4.74 Å². The summed E-state index contributed by atoms with van der Waals surface area (Å²) in [5, 5.41) is 0. The highest BCUT2D eigenvalue weighted by Gasteiger charge is 2.27. The summed E-state index contributed by atoms with van der Waals surface area (Å²) < 4.78 is 18.4. The molecule has 1 heterocycles. The summed E-state index contributed by atoms with van der Waals surface area (Å²) in [6.45, 7) is 7.11. The van der Waals surface area contributed by atoms with Crippen molar-refractivity contribution >= 4 is 6.09 Å². The molecule has 1 unspecified atom stereocenters. The molecule has 0 saturated carbocycles. The summed E-state index contributed by atoms with van der Waals surface area (Å²) in [6, 6.07) is 6.62. The lowest BCUT2D eigenvalue weighted by Gasteiger charge is -2.34. The predicted molar refractivity (Wildman–Crippen MR) is 80.6 cm³/mol. The second-order valence-corrected chi connectivity index (χ2v) is 6.77. The number of amides is 1. The Balaban J connectivity index is 1.91. The van der Waals surface area contributed by atoms with Crippen molar-refractivity contribution in [3.63, 3.8) is 0 Å². The highest BCUT2D eigenvalue weighted by Crippen LogP contribution is 2.22. The number of halogens is 1. The number of rotatable bonds is 2. The first-order chi connectivity index (χ1) is 9.83. The Kier molecular flexibility index (Phi) is 4.86. The number of carbonyl (C=O) groups is 1. The smallest absolute Gasteiger partial charge is 0.410 e. The monoisotopic (exact) mass is 293 g/mol. The van der Waals surface area contributed by atoms with E-state index in [2.05, 4.69) is 0 Å². The Morgan fingerprint density at radius 3 is 2.62 bits per heavy atom. The molecule has 1 atom stereocenters. The highest BCUT2D eigenvalue weighted by molar-refractivity contribution is 5.68. The van der Waals surface area contributed by atoms with Gasteiger partial charge in [0.25, 0.3) is 0 Å². The lowest BCUT2D eigenvalue weighted by Crippen LogP contribution is -2.43. The van der Waals surface area contributed by atoms with Crippen LogP contribution < -0.4 is 0 Å². The van der Waals surface area contributed by atoms with E-state index in [0.717, 1.165) is 31.4 Å². The molecule has 4 heteroatoms. The zero-order chi connectivity index (χ0) is 15.5. The molecule has 1 amide bonds. The van der Waals surface area contributed by atoms with Gasteiger partial charge in [0.05, 0.1) is 0 Å². The Morgan fingerprint density at radius 1 is 1.33 bits per heavy atom. The van der Waals surface area contributed by atoms with Crippen LogP contribution in [-0.4, -0.2) is 29.7 Å². The molecule has 0 aromatic heterocycles. The van der Waals surface area contributed by atoms with Crippen molar-refractivity contribution in [2.45, 2.75) is 45.6 Å². The Labute approximate surface area is 126 Å². The van der Waals surface area contributed by atoms with Crippen LogP contribution >= 0.6 is 0 Å². The molecule has 1 aromatic carbocycles. The van der Waals surface area contributed by atoms with Gasteiger partial charge in [0, 0.05) is 13.1 Å². The van der Waals surface area contributed by atoms with E-state index in [0.29, 0.717) is 12.5 Å². The lowest BCUT2D eigenvalue weighted by molar-refractivity contribution is 0.0166. The molecule has 0 aliphatic carbocycles. The van der Waals surface area contributed by atoms with Crippen LogP contribution in [0, 0.1) is 11.7 Å². The lowest BCUT2D eigenvalue weighted by atomic mass is 9.91. The molecule has 2 rings (SSSR count). The van der Waals surface area contributed by atoms with Gasteiger partial charge in [-0.15, -0.1) is 0 Å². The number of nitrogens with zero attached hydrogens (tertiary/aromatic N) is 1. The van der Waals surface area contributed by atoms with Crippen molar-refractivity contribution in [2.24, 2.45) is 5.92 Å². The van der Waals surface area contributed by atoms with Gasteiger partial charge in [-0.05, 0) is 63.6 Å². The van der Waals surface area contributed by atoms with Gasteiger partial charge in [0.2, 0.25) is 0 Å². The van der Waals surface area contributed by atoms with E-state index in [1.807, 2.05) is 32.9 Å². The predicted octanol–water partition coefficient (Wildman–Crippen LogP) is 4.02. The normalized spacial score (nSPS) is 19.4. The van der Waals surface area contributed by atoms with E-state index in [-0.39, 0.29) is 11.9 Å². The third-order valence-electron chi connectivity index (χ3n) is 3.61. The van der Waals surface area contributed by atoms with Crippen LogP contribution in [-0.2, 0) is 11.2 Å². The van der Waals surface area contributed by atoms with Crippen molar-refractivity contribution in [1.82, 2.24) is 4.90 Å². The minimum atomic E-state index is -0.457. The zero-order valence-corrected chi connectivity index (χ0v) is 13.1. The molecule has 1 aliphatic heterocycles. The molecule has 0 bridgehead atoms. The van der Waals surface area contributed by atoms with Gasteiger partial charge >= 0.3 is 6.09 Å². The molecular formula is C17H24FNO2. The van der Waals surface area contributed by atoms with Gasteiger partial charge in [-0.2, -0.15) is 0 Å². The van der Waals surface area contributed by atoms with Crippen LogP contribution in [0.15, 0.2) is 24.3 Å². The fourth-order valence-electron chi connectivity index (χ4n) is 2.68. The summed E-state index contributed by atoms with van der Waals surface area (Å²) in [5.41, 5.74) is 0.661. The largest absolute Gasteiger partial charge is 0.444 e. The highest BCUT2D eigenvalue weighted by atomic mass is 19.1. The van der Waals surface area contributed by atoms with E-state index >= 15 is 0 Å². The SMILES string of the molecule is CC(C)(C)OC(=O)N1CCCC(Cc2ccc(F)cc2)C1. The molecule has 1 fully saturated rings. The van der Waals surface area contributed by atoms with Crippen LogP contribution in [0.1, 0.15) is 39.2 Å². The van der Waals surface area contributed by atoms with E-state index in [1.54, 1.807) is 4.90 Å². The number of ether oxygens (including phenoxy) is 1. The second-order valence-electron chi connectivity index (χ2n) is 6.77. The number of hydrogen-bond acceptors (Lipinski definition) is 2. The van der Waals surface area contributed by atoms with Crippen LogP contribution in [0.2, 0.25) is 0 Å². The van der Waals surface area contributed by atoms with Crippen molar-refractivity contribution in [3.8, 4) is 0 Å². The van der Waals surface area contributed by atoms with Gasteiger partial charge in [-0.25, -0.2) is 9.18 Å². The Bertz CT molecular complexity index is 479.